The average molecular weight is 288 g/mol. The number of halogens is 2. The van der Waals surface area contributed by atoms with Gasteiger partial charge < -0.3 is 4.52 Å². The van der Waals surface area contributed by atoms with Crippen LogP contribution in [0.4, 0.5) is 8.78 Å². The van der Waals surface area contributed by atoms with Gasteiger partial charge in [-0.1, -0.05) is 23.4 Å². The normalized spacial score (nSPS) is 11.4. The molecule has 1 aromatic heterocycles. The van der Waals surface area contributed by atoms with Crippen LogP contribution in [-0.4, -0.2) is 17.1 Å². The molecule has 1 heterocycles. The van der Waals surface area contributed by atoms with E-state index < -0.39 is 0 Å². The van der Waals surface area contributed by atoms with Crippen LogP contribution in [0.1, 0.15) is 11.3 Å². The molecule has 2 aromatic carbocycles. The van der Waals surface area contributed by atoms with Gasteiger partial charge in [-0.25, -0.2) is 8.78 Å². The highest BCUT2D eigenvalue weighted by atomic mass is 19.1. The van der Waals surface area contributed by atoms with Crippen LogP contribution in [0.2, 0.25) is 0 Å². The molecule has 0 saturated carbocycles. The number of aromatic nitrogens is 1. The molecule has 21 heavy (non-hydrogen) atoms. The fourth-order valence-corrected chi connectivity index (χ4v) is 2.31. The number of hydrogen-bond acceptors (Lipinski definition) is 3. The Kier molecular flexibility index (Phi) is 3.66. The maximum Gasteiger partial charge on any atom is 0.170 e. The van der Waals surface area contributed by atoms with Crippen LogP contribution in [0.25, 0.3) is 11.0 Å². The minimum absolute atomic E-state index is 0.226. The van der Waals surface area contributed by atoms with Gasteiger partial charge in [-0.15, -0.1) is 0 Å². The molecule has 0 radical (unpaired) electrons. The van der Waals surface area contributed by atoms with Crippen LogP contribution in [0.3, 0.4) is 0 Å². The molecule has 3 nitrogen and oxygen atoms in total. The number of nitrogens with zero attached hydrogens (tertiary/aromatic N) is 2. The maximum atomic E-state index is 13.6. The number of hydrogen-bond donors (Lipinski definition) is 0. The van der Waals surface area contributed by atoms with Crippen molar-refractivity contribution in [3.05, 3.63) is 65.4 Å². The van der Waals surface area contributed by atoms with E-state index in [2.05, 4.69) is 5.16 Å². The first-order valence-electron chi connectivity index (χ1n) is 6.59. The highest BCUT2D eigenvalue weighted by Crippen LogP contribution is 2.21. The predicted octanol–water partition coefficient (Wildman–Crippen LogP) is 3.74. The summed E-state index contributed by atoms with van der Waals surface area (Å²) in [7, 11) is 1.87. The summed E-state index contributed by atoms with van der Waals surface area (Å²) in [5, 5.41) is 4.74. The highest BCUT2D eigenvalue weighted by Gasteiger charge is 2.12. The third-order valence-corrected chi connectivity index (χ3v) is 3.33. The zero-order valence-corrected chi connectivity index (χ0v) is 11.5. The molecule has 0 N–H and O–H groups in total. The van der Waals surface area contributed by atoms with Crippen molar-refractivity contribution in [3.8, 4) is 0 Å². The van der Waals surface area contributed by atoms with E-state index in [0.29, 0.717) is 29.9 Å². The molecule has 0 aliphatic heterocycles. The maximum absolute atomic E-state index is 13.6. The smallest absolute Gasteiger partial charge is 0.170 e. The second kappa shape index (κ2) is 5.61. The van der Waals surface area contributed by atoms with E-state index in [0.717, 1.165) is 5.39 Å². The molecule has 3 aromatic rings. The first-order chi connectivity index (χ1) is 10.1. The lowest BCUT2D eigenvalue weighted by Crippen LogP contribution is -2.18. The lowest BCUT2D eigenvalue weighted by Gasteiger charge is -2.15. The molecule has 0 unspecified atom stereocenters. The molecule has 0 atom stereocenters. The van der Waals surface area contributed by atoms with Crippen molar-refractivity contribution in [2.45, 2.75) is 13.1 Å². The Morgan fingerprint density at radius 3 is 2.71 bits per heavy atom. The molecular weight excluding hydrogens is 274 g/mol. The van der Waals surface area contributed by atoms with Gasteiger partial charge in [0.05, 0.1) is 0 Å². The van der Waals surface area contributed by atoms with E-state index >= 15 is 0 Å². The van der Waals surface area contributed by atoms with E-state index in [9.17, 15) is 8.78 Å². The van der Waals surface area contributed by atoms with Gasteiger partial charge in [-0.05, 0) is 25.2 Å². The van der Waals surface area contributed by atoms with Gasteiger partial charge in [-0.2, -0.15) is 0 Å². The van der Waals surface area contributed by atoms with Crippen LogP contribution < -0.4 is 0 Å². The van der Waals surface area contributed by atoms with Crippen LogP contribution in [0, 0.1) is 11.6 Å². The number of benzene rings is 2. The van der Waals surface area contributed by atoms with Crippen molar-refractivity contribution in [1.29, 1.82) is 0 Å². The van der Waals surface area contributed by atoms with Crippen molar-refractivity contribution in [2.75, 3.05) is 7.05 Å². The first-order valence-corrected chi connectivity index (χ1v) is 6.59. The van der Waals surface area contributed by atoms with Crippen molar-refractivity contribution < 1.29 is 13.3 Å². The van der Waals surface area contributed by atoms with Crippen LogP contribution in [0.15, 0.2) is 47.0 Å². The molecule has 108 valence electrons. The van der Waals surface area contributed by atoms with Crippen molar-refractivity contribution in [3.63, 3.8) is 0 Å². The second-order valence-corrected chi connectivity index (χ2v) is 5.03. The highest BCUT2D eigenvalue weighted by molar-refractivity contribution is 5.79. The molecule has 0 saturated heterocycles. The van der Waals surface area contributed by atoms with Gasteiger partial charge >= 0.3 is 0 Å². The topological polar surface area (TPSA) is 29.3 Å². The van der Waals surface area contributed by atoms with Gasteiger partial charge in [-0.3, -0.25) is 4.90 Å². The Morgan fingerprint density at radius 1 is 1.10 bits per heavy atom. The van der Waals surface area contributed by atoms with E-state index in [-0.39, 0.29) is 11.6 Å². The molecule has 0 bridgehead atoms. The Hall–Kier alpha value is -2.27. The molecule has 0 aliphatic carbocycles. The lowest BCUT2D eigenvalue weighted by molar-refractivity contribution is 0.302. The van der Waals surface area contributed by atoms with E-state index in [4.69, 9.17) is 4.52 Å². The minimum atomic E-state index is -0.357. The second-order valence-electron chi connectivity index (χ2n) is 5.03. The fraction of sp³-hybridized carbons (Fsp3) is 0.188. The van der Waals surface area contributed by atoms with Gasteiger partial charge in [0.2, 0.25) is 0 Å². The minimum Gasteiger partial charge on any atom is -0.356 e. The largest absolute Gasteiger partial charge is 0.356 e. The monoisotopic (exact) mass is 288 g/mol. The Bertz CT molecular complexity index is 770. The average Bonchev–Trinajstić information content (AvgIpc) is 2.83. The third-order valence-electron chi connectivity index (χ3n) is 3.33. The zero-order valence-electron chi connectivity index (χ0n) is 11.5. The van der Waals surface area contributed by atoms with Crippen molar-refractivity contribution >= 4 is 11.0 Å². The summed E-state index contributed by atoms with van der Waals surface area (Å²) in [5.74, 6) is -0.582. The molecule has 0 amide bonds. The molecule has 0 aliphatic rings. The van der Waals surface area contributed by atoms with Gasteiger partial charge in [0.15, 0.2) is 5.58 Å². The summed E-state index contributed by atoms with van der Waals surface area (Å²) in [6.07, 6.45) is 0. The SMILES string of the molecule is CN(Cc1ccccc1F)Cc1noc2cc(F)ccc12. The predicted molar refractivity (Wildman–Crippen MR) is 75.5 cm³/mol. The summed E-state index contributed by atoms with van der Waals surface area (Å²) in [6.45, 7) is 0.954. The van der Waals surface area contributed by atoms with E-state index in [1.54, 1.807) is 24.3 Å². The first kappa shape index (κ1) is 13.7. The van der Waals surface area contributed by atoms with Gasteiger partial charge in [0.25, 0.3) is 0 Å². The number of fused-ring (bicyclic) bond motifs is 1. The molecule has 3 rings (SSSR count). The molecule has 0 spiro atoms. The van der Waals surface area contributed by atoms with Crippen LogP contribution in [-0.2, 0) is 13.1 Å². The van der Waals surface area contributed by atoms with Gasteiger partial charge in [0.1, 0.15) is 17.3 Å². The Labute approximate surface area is 120 Å². The van der Waals surface area contributed by atoms with Crippen LogP contribution in [0.5, 0.6) is 0 Å². The van der Waals surface area contributed by atoms with Crippen LogP contribution >= 0.6 is 0 Å². The molecule has 0 fully saturated rings. The van der Waals surface area contributed by atoms with Crippen molar-refractivity contribution in [2.24, 2.45) is 0 Å². The summed E-state index contributed by atoms with van der Waals surface area (Å²) >= 11 is 0. The fourth-order valence-electron chi connectivity index (χ4n) is 2.31. The molecule has 5 heteroatoms. The number of rotatable bonds is 4. The lowest BCUT2D eigenvalue weighted by atomic mass is 10.2. The molecular formula is C16H14F2N2O. The van der Waals surface area contributed by atoms with E-state index in [1.165, 1.54) is 18.2 Å². The quantitative estimate of drug-likeness (QED) is 0.732. The summed E-state index contributed by atoms with van der Waals surface area (Å²) in [6, 6.07) is 11.0. The van der Waals surface area contributed by atoms with Gasteiger partial charge in [0, 0.05) is 30.1 Å². The Morgan fingerprint density at radius 2 is 1.90 bits per heavy atom. The summed E-state index contributed by atoms with van der Waals surface area (Å²) < 4.78 is 31.8. The third kappa shape index (κ3) is 2.92. The summed E-state index contributed by atoms with van der Waals surface area (Å²) in [4.78, 5) is 1.93. The Balaban J connectivity index is 1.77. The van der Waals surface area contributed by atoms with E-state index in [1.807, 2.05) is 11.9 Å². The van der Waals surface area contributed by atoms with Crippen molar-refractivity contribution in [1.82, 2.24) is 10.1 Å². The zero-order chi connectivity index (χ0) is 14.8. The standard InChI is InChI=1S/C16H14F2N2O/c1-20(9-11-4-2-3-5-14(11)18)10-15-13-7-6-12(17)8-16(13)21-19-15/h2-8H,9-10H2,1H3. The summed E-state index contributed by atoms with van der Waals surface area (Å²) in [5.41, 5.74) is 1.76.